The monoisotopic (exact) mass is 273 g/mol. The molecule has 1 unspecified atom stereocenters. The highest BCUT2D eigenvalue weighted by Gasteiger charge is 2.17. The summed E-state index contributed by atoms with van der Waals surface area (Å²) >= 11 is 0. The van der Waals surface area contributed by atoms with Gasteiger partial charge in [-0.25, -0.2) is 0 Å². The van der Waals surface area contributed by atoms with Gasteiger partial charge in [-0.3, -0.25) is 0 Å². The predicted molar refractivity (Wildman–Crippen MR) is 75.6 cm³/mol. The van der Waals surface area contributed by atoms with Gasteiger partial charge in [-0.15, -0.1) is 0 Å². The first-order valence-corrected chi connectivity index (χ1v) is 7.03. The van der Waals surface area contributed by atoms with Gasteiger partial charge in [0.1, 0.15) is 5.75 Å². The van der Waals surface area contributed by atoms with E-state index in [9.17, 15) is 0 Å². The Kier molecular flexibility index (Phi) is 3.97. The first-order valence-electron chi connectivity index (χ1n) is 7.03. The Morgan fingerprint density at radius 3 is 2.90 bits per heavy atom. The second-order valence-corrected chi connectivity index (χ2v) is 5.16. The smallest absolute Gasteiger partial charge is 0.257 e. The van der Waals surface area contributed by atoms with Gasteiger partial charge >= 0.3 is 0 Å². The molecule has 1 N–H and O–H groups in total. The summed E-state index contributed by atoms with van der Waals surface area (Å²) in [5.41, 5.74) is 0.923. The van der Waals surface area contributed by atoms with Crippen LogP contribution in [0, 0.1) is 5.92 Å². The van der Waals surface area contributed by atoms with Crippen molar-refractivity contribution in [1.82, 2.24) is 15.5 Å². The molecule has 0 spiro atoms. The van der Waals surface area contributed by atoms with Gasteiger partial charge in [0.05, 0.1) is 7.11 Å². The van der Waals surface area contributed by atoms with Crippen molar-refractivity contribution < 1.29 is 9.26 Å². The van der Waals surface area contributed by atoms with E-state index in [-0.39, 0.29) is 0 Å². The average molecular weight is 273 g/mol. The topological polar surface area (TPSA) is 60.2 Å². The number of methoxy groups -OCH3 is 1. The largest absolute Gasteiger partial charge is 0.497 e. The van der Waals surface area contributed by atoms with Gasteiger partial charge in [-0.1, -0.05) is 5.16 Å². The van der Waals surface area contributed by atoms with Crippen molar-refractivity contribution in [3.8, 4) is 17.2 Å². The van der Waals surface area contributed by atoms with E-state index in [1.165, 1.54) is 12.8 Å². The molecule has 2 heterocycles. The number of aromatic nitrogens is 2. The highest BCUT2D eigenvalue weighted by Crippen LogP contribution is 2.22. The van der Waals surface area contributed by atoms with Crippen molar-refractivity contribution in [3.05, 3.63) is 30.1 Å². The van der Waals surface area contributed by atoms with Crippen LogP contribution in [0.3, 0.4) is 0 Å². The van der Waals surface area contributed by atoms with Crippen molar-refractivity contribution in [3.63, 3.8) is 0 Å². The molecule has 1 fully saturated rings. The molecule has 1 aromatic heterocycles. The normalized spacial score (nSPS) is 18.9. The number of rotatable bonds is 4. The number of benzene rings is 1. The number of nitrogens with zero attached hydrogens (tertiary/aromatic N) is 2. The van der Waals surface area contributed by atoms with Gasteiger partial charge in [-0.05, 0) is 56.1 Å². The van der Waals surface area contributed by atoms with Crippen LogP contribution in [0.5, 0.6) is 5.75 Å². The third-order valence-electron chi connectivity index (χ3n) is 3.68. The van der Waals surface area contributed by atoms with E-state index in [0.29, 0.717) is 11.8 Å². The molecule has 0 aliphatic carbocycles. The third-order valence-corrected chi connectivity index (χ3v) is 3.68. The molecule has 0 bridgehead atoms. The van der Waals surface area contributed by atoms with Crippen LogP contribution >= 0.6 is 0 Å². The fourth-order valence-corrected chi connectivity index (χ4v) is 2.54. The number of hydrogen-bond donors (Lipinski definition) is 1. The Hall–Kier alpha value is -1.88. The van der Waals surface area contributed by atoms with E-state index in [4.69, 9.17) is 9.26 Å². The van der Waals surface area contributed by atoms with E-state index in [1.807, 2.05) is 24.3 Å². The fraction of sp³-hybridized carbons (Fsp3) is 0.467. The zero-order valence-corrected chi connectivity index (χ0v) is 11.6. The lowest BCUT2D eigenvalue weighted by molar-refractivity contribution is 0.360. The van der Waals surface area contributed by atoms with E-state index >= 15 is 0 Å². The maximum Gasteiger partial charge on any atom is 0.257 e. The van der Waals surface area contributed by atoms with E-state index in [2.05, 4.69) is 15.5 Å². The summed E-state index contributed by atoms with van der Waals surface area (Å²) in [6.45, 7) is 2.17. The Labute approximate surface area is 118 Å². The van der Waals surface area contributed by atoms with Crippen molar-refractivity contribution in [2.24, 2.45) is 5.92 Å². The molecule has 1 saturated heterocycles. The highest BCUT2D eigenvalue weighted by molar-refractivity contribution is 5.54. The lowest BCUT2D eigenvalue weighted by Gasteiger charge is -2.20. The number of hydrogen-bond acceptors (Lipinski definition) is 5. The molecule has 3 rings (SSSR count). The minimum Gasteiger partial charge on any atom is -0.497 e. The molecule has 0 saturated carbocycles. The van der Waals surface area contributed by atoms with Crippen LogP contribution in [0.4, 0.5) is 0 Å². The van der Waals surface area contributed by atoms with Gasteiger partial charge in [0.15, 0.2) is 5.82 Å². The summed E-state index contributed by atoms with van der Waals surface area (Å²) < 4.78 is 10.5. The number of ether oxygens (including phenoxy) is 1. The van der Waals surface area contributed by atoms with Gasteiger partial charge in [0.2, 0.25) is 0 Å². The van der Waals surface area contributed by atoms with Crippen LogP contribution in [0.2, 0.25) is 0 Å². The second kappa shape index (κ2) is 6.05. The molecule has 5 heteroatoms. The lowest BCUT2D eigenvalue weighted by atomic mass is 9.96. The molecule has 1 atom stereocenters. The predicted octanol–water partition coefficient (Wildman–Crippen LogP) is 2.29. The number of piperidine rings is 1. The Morgan fingerprint density at radius 1 is 1.35 bits per heavy atom. The van der Waals surface area contributed by atoms with Crippen LogP contribution in [0.15, 0.2) is 28.8 Å². The maximum atomic E-state index is 5.34. The summed E-state index contributed by atoms with van der Waals surface area (Å²) in [7, 11) is 1.65. The summed E-state index contributed by atoms with van der Waals surface area (Å²) in [4.78, 5) is 4.48. The Balaban J connectivity index is 1.68. The lowest BCUT2D eigenvalue weighted by Crippen LogP contribution is -2.31. The quantitative estimate of drug-likeness (QED) is 0.926. The van der Waals surface area contributed by atoms with E-state index in [1.54, 1.807) is 7.11 Å². The van der Waals surface area contributed by atoms with Gasteiger partial charge in [-0.2, -0.15) is 4.98 Å². The molecule has 0 radical (unpaired) electrons. The van der Waals surface area contributed by atoms with Crippen LogP contribution in [0.25, 0.3) is 11.5 Å². The van der Waals surface area contributed by atoms with Crippen molar-refractivity contribution in [2.75, 3.05) is 20.2 Å². The van der Waals surface area contributed by atoms with Crippen molar-refractivity contribution >= 4 is 0 Å². The molecular formula is C15H19N3O2. The summed E-state index contributed by atoms with van der Waals surface area (Å²) in [5, 5.41) is 7.49. The van der Waals surface area contributed by atoms with Gasteiger partial charge in [0.25, 0.3) is 5.89 Å². The van der Waals surface area contributed by atoms with Crippen LogP contribution in [-0.4, -0.2) is 30.3 Å². The Bertz CT molecular complexity index is 545. The number of nitrogens with one attached hydrogen (secondary N) is 1. The van der Waals surface area contributed by atoms with Crippen molar-refractivity contribution in [2.45, 2.75) is 19.3 Å². The summed E-state index contributed by atoms with van der Waals surface area (Å²) in [5.74, 6) is 2.81. The minimum atomic E-state index is 0.575. The van der Waals surface area contributed by atoms with Gasteiger partial charge in [0, 0.05) is 12.0 Å². The molecule has 1 aliphatic heterocycles. The average Bonchev–Trinajstić information content (AvgIpc) is 2.97. The standard InChI is InChI=1S/C15H19N3O2/c1-19-13-6-4-12(5-7-13)15-17-14(18-20-15)9-11-3-2-8-16-10-11/h4-7,11,16H,2-3,8-10H2,1H3. The molecule has 2 aromatic rings. The SMILES string of the molecule is COc1ccc(-c2nc(CC3CCCNC3)no2)cc1. The third kappa shape index (κ3) is 2.99. The first-order chi connectivity index (χ1) is 9.85. The molecule has 5 nitrogen and oxygen atoms in total. The van der Waals surface area contributed by atoms with Gasteiger partial charge < -0.3 is 14.6 Å². The summed E-state index contributed by atoms with van der Waals surface area (Å²) in [6.07, 6.45) is 3.35. The van der Waals surface area contributed by atoms with Crippen molar-refractivity contribution in [1.29, 1.82) is 0 Å². The van der Waals surface area contributed by atoms with Crippen LogP contribution in [-0.2, 0) is 6.42 Å². The molecule has 1 aromatic carbocycles. The molecule has 0 amide bonds. The molecular weight excluding hydrogens is 254 g/mol. The van der Waals surface area contributed by atoms with E-state index in [0.717, 1.165) is 36.6 Å². The van der Waals surface area contributed by atoms with Crippen LogP contribution in [0.1, 0.15) is 18.7 Å². The first kappa shape index (κ1) is 13.1. The molecule has 1 aliphatic rings. The molecule has 20 heavy (non-hydrogen) atoms. The fourth-order valence-electron chi connectivity index (χ4n) is 2.54. The zero-order chi connectivity index (χ0) is 13.8. The highest BCUT2D eigenvalue weighted by atomic mass is 16.5. The summed E-state index contributed by atoms with van der Waals surface area (Å²) in [6, 6.07) is 7.64. The maximum absolute atomic E-state index is 5.34. The second-order valence-electron chi connectivity index (χ2n) is 5.16. The van der Waals surface area contributed by atoms with Crippen LogP contribution < -0.4 is 10.1 Å². The minimum absolute atomic E-state index is 0.575. The zero-order valence-electron chi connectivity index (χ0n) is 11.6. The van der Waals surface area contributed by atoms with E-state index < -0.39 is 0 Å². The Morgan fingerprint density at radius 2 is 2.20 bits per heavy atom. The molecule has 106 valence electrons.